The van der Waals surface area contributed by atoms with Crippen LogP contribution >= 0.6 is 0 Å². The lowest BCUT2D eigenvalue weighted by Gasteiger charge is -2.12. The van der Waals surface area contributed by atoms with E-state index in [1.807, 2.05) is 13.8 Å². The molecule has 0 spiro atoms. The van der Waals surface area contributed by atoms with Crippen LogP contribution in [0.3, 0.4) is 0 Å². The zero-order chi connectivity index (χ0) is 6.73. The Hall–Kier alpha value is -0.465. The lowest BCUT2D eigenvalue weighted by Crippen LogP contribution is -2.27. The molecule has 0 aliphatic rings. The number of hydrogen-bond acceptors (Lipinski definition) is 1. The van der Waals surface area contributed by atoms with E-state index in [0.717, 1.165) is 0 Å². The summed E-state index contributed by atoms with van der Waals surface area (Å²) in [5, 5.41) is 0. The van der Waals surface area contributed by atoms with E-state index in [-0.39, 0.29) is 11.8 Å². The minimum Gasteiger partial charge on any atom is -0.396 e. The van der Waals surface area contributed by atoms with Crippen molar-refractivity contribution in [2.45, 2.75) is 13.8 Å². The van der Waals surface area contributed by atoms with Crippen LogP contribution in [0.1, 0.15) is 13.8 Å². The number of amides is 1. The van der Waals surface area contributed by atoms with Crippen molar-refractivity contribution in [3.8, 4) is 0 Å². The first kappa shape index (κ1) is 7.53. The van der Waals surface area contributed by atoms with Gasteiger partial charge in [0.1, 0.15) is 0 Å². The van der Waals surface area contributed by atoms with Crippen molar-refractivity contribution in [2.75, 3.05) is 7.05 Å². The first-order chi connectivity index (χ1) is 3.55. The van der Waals surface area contributed by atoms with Gasteiger partial charge in [-0.3, -0.25) is 4.79 Å². The SMILES string of the molecule is BN(C)C(=O)C(C)C. The maximum Gasteiger partial charge on any atom is 0.220 e. The van der Waals surface area contributed by atoms with Crippen molar-refractivity contribution in [1.82, 2.24) is 4.81 Å². The lowest BCUT2D eigenvalue weighted by atomic mass is 10.1. The topological polar surface area (TPSA) is 20.3 Å². The highest BCUT2D eigenvalue weighted by Crippen LogP contribution is 1.94. The van der Waals surface area contributed by atoms with Crippen LogP contribution in [0.2, 0.25) is 0 Å². The summed E-state index contributed by atoms with van der Waals surface area (Å²) < 4.78 is 0. The van der Waals surface area contributed by atoms with E-state index in [0.29, 0.717) is 0 Å². The van der Waals surface area contributed by atoms with Crippen LogP contribution in [0.5, 0.6) is 0 Å². The van der Waals surface area contributed by atoms with Gasteiger partial charge in [0.15, 0.2) is 0 Å². The highest BCUT2D eigenvalue weighted by atomic mass is 16.2. The minimum atomic E-state index is 0.130. The Morgan fingerprint density at radius 3 is 2.00 bits per heavy atom. The van der Waals surface area contributed by atoms with Crippen molar-refractivity contribution < 1.29 is 4.79 Å². The Balaban J connectivity index is 3.65. The van der Waals surface area contributed by atoms with Gasteiger partial charge in [-0.1, -0.05) is 13.8 Å². The molecule has 0 saturated carbocycles. The third kappa shape index (κ3) is 2.00. The van der Waals surface area contributed by atoms with Gasteiger partial charge in [-0.25, -0.2) is 0 Å². The Bertz CT molecular complexity index is 80.4. The number of carbonyl (C=O) groups excluding carboxylic acids is 1. The molecule has 0 heterocycles. The summed E-state index contributed by atoms with van der Waals surface area (Å²) in [4.78, 5) is 12.4. The Kier molecular flexibility index (Phi) is 2.59. The van der Waals surface area contributed by atoms with Gasteiger partial charge in [0.25, 0.3) is 0 Å². The predicted octanol–water partition coefficient (Wildman–Crippen LogP) is -0.351. The van der Waals surface area contributed by atoms with Crippen LogP contribution in [0.15, 0.2) is 0 Å². The second-order valence-corrected chi connectivity index (χ2v) is 2.39. The summed E-state index contributed by atoms with van der Waals surface area (Å²) in [6.45, 7) is 3.78. The summed E-state index contributed by atoms with van der Waals surface area (Å²) >= 11 is 0. The predicted molar refractivity (Wildman–Crippen MR) is 36.2 cm³/mol. The largest absolute Gasteiger partial charge is 0.396 e. The fourth-order valence-electron chi connectivity index (χ4n) is 0.516. The maximum atomic E-state index is 10.8. The van der Waals surface area contributed by atoms with Crippen LogP contribution in [-0.2, 0) is 4.79 Å². The highest BCUT2D eigenvalue weighted by molar-refractivity contribution is 6.14. The Morgan fingerprint density at radius 2 is 2.00 bits per heavy atom. The van der Waals surface area contributed by atoms with Gasteiger partial charge in [0.05, 0.1) is 0 Å². The summed E-state index contributed by atoms with van der Waals surface area (Å²) in [7, 11) is 3.53. The van der Waals surface area contributed by atoms with Crippen molar-refractivity contribution in [2.24, 2.45) is 5.92 Å². The molecule has 8 heavy (non-hydrogen) atoms. The molecule has 0 aliphatic carbocycles. The van der Waals surface area contributed by atoms with E-state index in [9.17, 15) is 4.79 Å². The normalized spacial score (nSPS) is 9.50. The molecule has 0 aliphatic heterocycles. The van der Waals surface area contributed by atoms with E-state index in [1.165, 1.54) is 0 Å². The molecule has 0 aromatic rings. The molecule has 0 atom stereocenters. The lowest BCUT2D eigenvalue weighted by molar-refractivity contribution is -0.128. The standard InChI is InChI=1S/C5H12BNO/c1-4(2)5(8)7(3)6/h4H,6H2,1-3H3. The number of carbonyl (C=O) groups is 1. The molecule has 0 radical (unpaired) electrons. The first-order valence-corrected chi connectivity index (χ1v) is 2.77. The fourth-order valence-corrected chi connectivity index (χ4v) is 0.516. The van der Waals surface area contributed by atoms with Gasteiger partial charge in [-0.05, 0) is 7.05 Å². The summed E-state index contributed by atoms with van der Waals surface area (Å²) in [5.74, 6) is 0.315. The average Bonchev–Trinajstić information content (AvgIpc) is 1.64. The minimum absolute atomic E-state index is 0.130. The molecular formula is C5H12BNO. The fraction of sp³-hybridized carbons (Fsp3) is 0.800. The molecule has 1 amide bonds. The van der Waals surface area contributed by atoms with Gasteiger partial charge < -0.3 is 4.81 Å². The molecule has 0 saturated heterocycles. The van der Waals surface area contributed by atoms with Gasteiger partial charge in [-0.15, -0.1) is 0 Å². The molecule has 0 rings (SSSR count). The van der Waals surface area contributed by atoms with E-state index in [4.69, 9.17) is 0 Å². The first-order valence-electron chi connectivity index (χ1n) is 2.77. The third-order valence-corrected chi connectivity index (χ3v) is 0.935. The zero-order valence-corrected chi connectivity index (χ0v) is 5.93. The summed E-state index contributed by atoms with van der Waals surface area (Å²) in [5.41, 5.74) is 0. The van der Waals surface area contributed by atoms with Gasteiger partial charge in [0, 0.05) is 5.92 Å². The third-order valence-electron chi connectivity index (χ3n) is 0.935. The maximum absolute atomic E-state index is 10.8. The molecule has 0 unspecified atom stereocenters. The van der Waals surface area contributed by atoms with Crippen molar-refractivity contribution in [1.29, 1.82) is 0 Å². The van der Waals surface area contributed by atoms with Crippen LogP contribution in [0, 0.1) is 5.92 Å². The molecule has 0 N–H and O–H groups in total. The average molecular weight is 113 g/mol. The molecule has 2 nitrogen and oxygen atoms in total. The van der Waals surface area contributed by atoms with E-state index < -0.39 is 0 Å². The van der Waals surface area contributed by atoms with E-state index in [2.05, 4.69) is 0 Å². The van der Waals surface area contributed by atoms with Crippen LogP contribution < -0.4 is 0 Å². The number of hydrogen-bond donors (Lipinski definition) is 0. The van der Waals surface area contributed by atoms with Crippen LogP contribution in [-0.4, -0.2) is 25.7 Å². The Labute approximate surface area is 51.3 Å². The zero-order valence-electron chi connectivity index (χ0n) is 5.93. The van der Waals surface area contributed by atoms with Gasteiger partial charge >= 0.3 is 0 Å². The molecular weight excluding hydrogens is 101 g/mol. The molecule has 0 aromatic heterocycles. The van der Waals surface area contributed by atoms with Crippen LogP contribution in [0.25, 0.3) is 0 Å². The highest BCUT2D eigenvalue weighted by Gasteiger charge is 2.06. The van der Waals surface area contributed by atoms with Crippen molar-refractivity contribution >= 4 is 13.9 Å². The summed E-state index contributed by atoms with van der Waals surface area (Å²) in [6.07, 6.45) is 0. The van der Waals surface area contributed by atoms with Crippen molar-refractivity contribution in [3.05, 3.63) is 0 Å². The van der Waals surface area contributed by atoms with E-state index in [1.54, 1.807) is 19.8 Å². The number of rotatable bonds is 1. The monoisotopic (exact) mass is 113 g/mol. The quantitative estimate of drug-likeness (QED) is 0.425. The van der Waals surface area contributed by atoms with E-state index >= 15 is 0 Å². The molecule has 0 fully saturated rings. The smallest absolute Gasteiger partial charge is 0.220 e. The molecule has 3 heteroatoms. The molecule has 0 bridgehead atoms. The Morgan fingerprint density at radius 1 is 1.62 bits per heavy atom. The number of nitrogens with zero attached hydrogens (tertiary/aromatic N) is 1. The van der Waals surface area contributed by atoms with Gasteiger partial charge in [-0.2, -0.15) is 0 Å². The second kappa shape index (κ2) is 2.75. The molecule has 46 valence electrons. The van der Waals surface area contributed by atoms with Crippen LogP contribution in [0.4, 0.5) is 0 Å². The van der Waals surface area contributed by atoms with Gasteiger partial charge in [0.2, 0.25) is 13.9 Å². The summed E-state index contributed by atoms with van der Waals surface area (Å²) in [6, 6.07) is 0. The van der Waals surface area contributed by atoms with Crippen molar-refractivity contribution in [3.63, 3.8) is 0 Å². The second-order valence-electron chi connectivity index (χ2n) is 2.39. The molecule has 0 aromatic carbocycles.